The van der Waals surface area contributed by atoms with Crippen LogP contribution in [0.2, 0.25) is 0 Å². The van der Waals surface area contributed by atoms with Crippen LogP contribution in [0.25, 0.3) is 0 Å². The summed E-state index contributed by atoms with van der Waals surface area (Å²) in [6.07, 6.45) is 1.59. The Balaban J connectivity index is 2.83. The van der Waals surface area contributed by atoms with Crippen LogP contribution in [0.3, 0.4) is 0 Å². The summed E-state index contributed by atoms with van der Waals surface area (Å²) >= 11 is 0. The van der Waals surface area contributed by atoms with Crippen LogP contribution in [0, 0.1) is 23.2 Å². The van der Waals surface area contributed by atoms with E-state index in [9.17, 15) is 4.79 Å². The lowest BCUT2D eigenvalue weighted by Crippen LogP contribution is -2.37. The molecule has 0 fully saturated rings. The van der Waals surface area contributed by atoms with Gasteiger partial charge in [0.1, 0.15) is 5.69 Å². The molecule has 0 aliphatic heterocycles. The van der Waals surface area contributed by atoms with Crippen LogP contribution in [-0.4, -0.2) is 24.0 Å². The number of hydrogen-bond donors (Lipinski definition) is 2. The normalized spacial score (nSPS) is 10.9. The second-order valence-electron chi connectivity index (χ2n) is 5.73. The number of nitrogens with two attached hydrogens (primary N) is 1. The van der Waals surface area contributed by atoms with E-state index >= 15 is 0 Å². The van der Waals surface area contributed by atoms with Gasteiger partial charge in [0.25, 0.3) is 5.91 Å². The van der Waals surface area contributed by atoms with E-state index in [1.54, 1.807) is 18.3 Å². The number of aromatic nitrogens is 1. The van der Waals surface area contributed by atoms with Crippen molar-refractivity contribution < 1.29 is 4.79 Å². The Morgan fingerprint density at radius 1 is 1.50 bits per heavy atom. The molecule has 4 nitrogen and oxygen atoms in total. The molecular formula is C16H23N3O. The minimum atomic E-state index is -0.194. The molecule has 1 rings (SSSR count). The van der Waals surface area contributed by atoms with Crippen molar-refractivity contribution in [3.05, 3.63) is 29.6 Å². The Labute approximate surface area is 121 Å². The zero-order valence-electron chi connectivity index (χ0n) is 12.7. The number of nitrogens with zero attached hydrogens (tertiary/aromatic N) is 1. The second-order valence-corrected chi connectivity index (χ2v) is 5.73. The largest absolute Gasteiger partial charge is 0.350 e. The molecule has 0 aromatic carbocycles. The monoisotopic (exact) mass is 273 g/mol. The summed E-state index contributed by atoms with van der Waals surface area (Å²) in [6, 6.07) is 3.54. The van der Waals surface area contributed by atoms with Crippen molar-refractivity contribution in [2.75, 3.05) is 13.1 Å². The summed E-state index contributed by atoms with van der Waals surface area (Å²) in [5, 5.41) is 2.94. The molecule has 1 aromatic rings. The molecular weight excluding hydrogens is 250 g/mol. The fourth-order valence-electron chi connectivity index (χ4n) is 1.43. The number of rotatable bonds is 4. The van der Waals surface area contributed by atoms with Gasteiger partial charge in [-0.2, -0.15) is 0 Å². The van der Waals surface area contributed by atoms with Crippen LogP contribution in [0.15, 0.2) is 18.3 Å². The van der Waals surface area contributed by atoms with Gasteiger partial charge in [-0.05, 0) is 23.5 Å². The number of amides is 1. The zero-order valence-corrected chi connectivity index (χ0v) is 12.7. The van der Waals surface area contributed by atoms with Crippen molar-refractivity contribution in [1.82, 2.24) is 10.3 Å². The van der Waals surface area contributed by atoms with Gasteiger partial charge in [-0.3, -0.25) is 4.79 Å². The Morgan fingerprint density at radius 2 is 2.20 bits per heavy atom. The van der Waals surface area contributed by atoms with Gasteiger partial charge >= 0.3 is 0 Å². The van der Waals surface area contributed by atoms with Crippen LogP contribution in [-0.2, 0) is 0 Å². The Kier molecular flexibility index (Phi) is 5.72. The van der Waals surface area contributed by atoms with Gasteiger partial charge in [-0.1, -0.05) is 39.5 Å². The van der Waals surface area contributed by atoms with Crippen molar-refractivity contribution >= 4 is 5.91 Å². The lowest BCUT2D eigenvalue weighted by Gasteiger charge is -2.29. The minimum Gasteiger partial charge on any atom is -0.350 e. The third kappa shape index (κ3) is 4.36. The Bertz CT molecular complexity index is 524. The van der Waals surface area contributed by atoms with Crippen LogP contribution < -0.4 is 11.1 Å². The zero-order chi connectivity index (χ0) is 15.2. The number of nitrogens with one attached hydrogen (secondary N) is 1. The number of pyridine rings is 1. The summed E-state index contributed by atoms with van der Waals surface area (Å²) < 4.78 is 0. The van der Waals surface area contributed by atoms with Crippen molar-refractivity contribution in [3.8, 4) is 11.8 Å². The molecule has 0 aliphatic rings. The highest BCUT2D eigenvalue weighted by atomic mass is 16.1. The van der Waals surface area contributed by atoms with E-state index in [4.69, 9.17) is 5.73 Å². The topological polar surface area (TPSA) is 68.0 Å². The molecule has 0 unspecified atom stereocenters. The van der Waals surface area contributed by atoms with E-state index in [2.05, 4.69) is 49.8 Å². The first-order chi connectivity index (χ1) is 9.38. The summed E-state index contributed by atoms with van der Waals surface area (Å²) in [6.45, 7) is 9.41. The van der Waals surface area contributed by atoms with Crippen LogP contribution in [0.5, 0.6) is 0 Å². The summed E-state index contributed by atoms with van der Waals surface area (Å²) in [5.74, 6) is 5.90. The molecule has 1 aromatic heterocycles. The molecule has 0 radical (unpaired) electrons. The van der Waals surface area contributed by atoms with Gasteiger partial charge in [0.15, 0.2) is 0 Å². The maximum atomic E-state index is 12.2. The van der Waals surface area contributed by atoms with E-state index in [0.717, 1.165) is 0 Å². The molecule has 108 valence electrons. The minimum absolute atomic E-state index is 0.0353. The number of hydrogen-bond acceptors (Lipinski definition) is 3. The van der Waals surface area contributed by atoms with Crippen molar-refractivity contribution in [1.29, 1.82) is 0 Å². The van der Waals surface area contributed by atoms with Gasteiger partial charge in [0, 0.05) is 12.7 Å². The molecule has 1 heterocycles. The average Bonchev–Trinajstić information content (AvgIpc) is 2.42. The van der Waals surface area contributed by atoms with Gasteiger partial charge in [-0.15, -0.1) is 0 Å². The first kappa shape index (κ1) is 16.2. The highest BCUT2D eigenvalue weighted by Crippen LogP contribution is 2.24. The van der Waals surface area contributed by atoms with Gasteiger partial charge < -0.3 is 11.1 Å². The number of carbonyl (C=O) groups excluding carboxylic acids is 1. The standard InChI is InChI=1S/C16H23N3O/c1-12(2)16(3,4)11-19-15(20)14-13(7-5-9-17)8-6-10-18-14/h6,8,10,12H,9,11,17H2,1-4H3,(H,19,20). The first-order valence-electron chi connectivity index (χ1n) is 6.80. The lowest BCUT2D eigenvalue weighted by atomic mass is 9.81. The first-order valence-corrected chi connectivity index (χ1v) is 6.80. The van der Waals surface area contributed by atoms with Gasteiger partial charge in [-0.25, -0.2) is 4.98 Å². The number of carbonyl (C=O) groups is 1. The SMILES string of the molecule is CC(C)C(C)(C)CNC(=O)c1ncccc1C#CCN. The molecule has 0 atom stereocenters. The summed E-state index contributed by atoms with van der Waals surface area (Å²) in [4.78, 5) is 16.3. The van der Waals surface area contributed by atoms with Crippen LogP contribution in [0.4, 0.5) is 0 Å². The summed E-state index contributed by atoms with van der Waals surface area (Å²) in [5.41, 5.74) is 6.36. The lowest BCUT2D eigenvalue weighted by molar-refractivity contribution is 0.0919. The molecule has 0 saturated heterocycles. The van der Waals surface area contributed by atoms with Crippen molar-refractivity contribution in [2.24, 2.45) is 17.1 Å². The fraction of sp³-hybridized carbons (Fsp3) is 0.500. The van der Waals surface area contributed by atoms with E-state index in [-0.39, 0.29) is 17.9 Å². The van der Waals surface area contributed by atoms with E-state index in [0.29, 0.717) is 23.7 Å². The van der Waals surface area contributed by atoms with Gasteiger partial charge in [0.2, 0.25) is 0 Å². The van der Waals surface area contributed by atoms with E-state index in [1.807, 2.05) is 0 Å². The second kappa shape index (κ2) is 7.06. The molecule has 1 amide bonds. The molecule has 0 aliphatic carbocycles. The Morgan fingerprint density at radius 3 is 2.80 bits per heavy atom. The molecule has 4 heteroatoms. The fourth-order valence-corrected chi connectivity index (χ4v) is 1.43. The van der Waals surface area contributed by atoms with E-state index in [1.165, 1.54) is 0 Å². The molecule has 0 bridgehead atoms. The smallest absolute Gasteiger partial charge is 0.271 e. The summed E-state index contributed by atoms with van der Waals surface area (Å²) in [7, 11) is 0. The quantitative estimate of drug-likeness (QED) is 0.822. The third-order valence-corrected chi connectivity index (χ3v) is 3.62. The predicted octanol–water partition coefficient (Wildman–Crippen LogP) is 1.80. The van der Waals surface area contributed by atoms with E-state index < -0.39 is 0 Å². The van der Waals surface area contributed by atoms with Crippen molar-refractivity contribution in [3.63, 3.8) is 0 Å². The molecule has 20 heavy (non-hydrogen) atoms. The van der Waals surface area contributed by atoms with Gasteiger partial charge in [0.05, 0.1) is 12.1 Å². The maximum absolute atomic E-state index is 12.2. The highest BCUT2D eigenvalue weighted by Gasteiger charge is 2.23. The third-order valence-electron chi connectivity index (χ3n) is 3.62. The van der Waals surface area contributed by atoms with Crippen LogP contribution >= 0.6 is 0 Å². The van der Waals surface area contributed by atoms with Crippen LogP contribution in [0.1, 0.15) is 43.7 Å². The predicted molar refractivity (Wildman–Crippen MR) is 81.1 cm³/mol. The Hall–Kier alpha value is -1.86. The molecule has 3 N–H and O–H groups in total. The average molecular weight is 273 g/mol. The van der Waals surface area contributed by atoms with Crippen molar-refractivity contribution in [2.45, 2.75) is 27.7 Å². The molecule has 0 spiro atoms. The maximum Gasteiger partial charge on any atom is 0.271 e. The highest BCUT2D eigenvalue weighted by molar-refractivity contribution is 5.94. The molecule has 0 saturated carbocycles.